The van der Waals surface area contributed by atoms with Crippen LogP contribution in [-0.4, -0.2) is 131 Å². The normalized spacial score (nSPS) is 41.2. The number of amides is 1. The van der Waals surface area contributed by atoms with E-state index in [4.69, 9.17) is 25.7 Å². The summed E-state index contributed by atoms with van der Waals surface area (Å²) in [5.74, 6) is -0.755. The molecule has 0 aromatic rings. The third-order valence-corrected chi connectivity index (χ3v) is 8.45. The topological polar surface area (TPSA) is 234 Å². The number of hydrogen-bond acceptors (Lipinski definition) is 13. The monoisotopic (exact) mass is 589 g/mol. The van der Waals surface area contributed by atoms with Crippen molar-refractivity contribution >= 4 is 5.91 Å². The van der Waals surface area contributed by atoms with Crippen molar-refractivity contribution in [1.82, 2.24) is 16.0 Å². The van der Waals surface area contributed by atoms with Gasteiger partial charge in [0.05, 0.1) is 37.4 Å². The van der Waals surface area contributed by atoms with E-state index in [1.807, 2.05) is 13.0 Å². The molecule has 0 aromatic heterocycles. The smallest absolute Gasteiger partial charge is 0.249 e. The van der Waals surface area contributed by atoms with Crippen LogP contribution in [0, 0.1) is 11.8 Å². The number of aliphatic hydroxyl groups excluding tert-OH is 4. The van der Waals surface area contributed by atoms with Crippen LogP contribution in [0.25, 0.3) is 0 Å². The molecule has 14 nitrogen and oxygen atoms in total. The van der Waals surface area contributed by atoms with E-state index in [0.717, 1.165) is 0 Å². The van der Waals surface area contributed by atoms with Crippen LogP contribution in [-0.2, 0) is 19.0 Å². The van der Waals surface area contributed by atoms with Gasteiger partial charge in [-0.25, -0.2) is 0 Å². The summed E-state index contributed by atoms with van der Waals surface area (Å²) in [4.78, 5) is 12.8. The van der Waals surface area contributed by atoms with Gasteiger partial charge in [-0.1, -0.05) is 6.92 Å². The summed E-state index contributed by atoms with van der Waals surface area (Å²) in [6.07, 6.45) is -4.40. The Hall–Kier alpha value is -1.43. The van der Waals surface area contributed by atoms with E-state index < -0.39 is 72.4 Å². The SMILES string of the molecule is CNC1C(O)C(OC2C(NC(=O)C(O)CCN)CC(C)C(C3OC(CN)=CCC3NCC(C)O)C2O)OCC1(C)O. The van der Waals surface area contributed by atoms with E-state index in [0.29, 0.717) is 25.1 Å². The highest BCUT2D eigenvalue weighted by atomic mass is 16.7. The molecule has 1 saturated carbocycles. The van der Waals surface area contributed by atoms with Crippen molar-refractivity contribution in [3.05, 3.63) is 11.8 Å². The van der Waals surface area contributed by atoms with E-state index in [1.165, 1.54) is 6.92 Å². The fraction of sp³-hybridized carbons (Fsp3) is 0.889. The second kappa shape index (κ2) is 14.8. The fourth-order valence-electron chi connectivity index (χ4n) is 6.31. The van der Waals surface area contributed by atoms with E-state index in [-0.39, 0.29) is 38.1 Å². The summed E-state index contributed by atoms with van der Waals surface area (Å²) < 4.78 is 18.2. The van der Waals surface area contributed by atoms with Crippen LogP contribution in [0.2, 0.25) is 0 Å². The molecule has 0 aromatic carbocycles. The van der Waals surface area contributed by atoms with Gasteiger partial charge in [0.1, 0.15) is 35.8 Å². The molecule has 14 heteroatoms. The third-order valence-electron chi connectivity index (χ3n) is 8.45. The Labute approximate surface area is 241 Å². The number of rotatable bonds is 12. The number of likely N-dealkylation sites (N-methyl/N-ethyl adjacent to an activating group) is 1. The van der Waals surface area contributed by atoms with Crippen LogP contribution in [0.4, 0.5) is 0 Å². The first-order valence-corrected chi connectivity index (χ1v) is 14.5. The van der Waals surface area contributed by atoms with Crippen molar-refractivity contribution in [1.29, 1.82) is 0 Å². The lowest BCUT2D eigenvalue weighted by atomic mass is 9.69. The van der Waals surface area contributed by atoms with Crippen LogP contribution >= 0.6 is 0 Å². The van der Waals surface area contributed by atoms with E-state index in [9.17, 15) is 30.3 Å². The van der Waals surface area contributed by atoms with Gasteiger partial charge in [0.2, 0.25) is 5.91 Å². The second-order valence-electron chi connectivity index (χ2n) is 11.9. The van der Waals surface area contributed by atoms with Gasteiger partial charge in [0.25, 0.3) is 0 Å². The first-order chi connectivity index (χ1) is 19.3. The molecule has 1 saturated heterocycles. The Balaban J connectivity index is 1.91. The maximum atomic E-state index is 12.8. The average Bonchev–Trinajstić information content (AvgIpc) is 2.91. The van der Waals surface area contributed by atoms with Crippen LogP contribution in [0.3, 0.4) is 0 Å². The molecule has 13 atom stereocenters. The number of carbonyl (C=O) groups is 1. The van der Waals surface area contributed by atoms with E-state index in [1.54, 1.807) is 14.0 Å². The molecule has 0 bridgehead atoms. The molecule has 13 unspecified atom stereocenters. The molecular weight excluding hydrogens is 538 g/mol. The summed E-state index contributed by atoms with van der Waals surface area (Å²) in [7, 11) is 1.60. The Morgan fingerprint density at radius 2 is 1.95 bits per heavy atom. The molecular formula is C27H51N5O9. The van der Waals surface area contributed by atoms with Gasteiger partial charge in [-0.15, -0.1) is 0 Å². The average molecular weight is 590 g/mol. The highest BCUT2D eigenvalue weighted by Crippen LogP contribution is 2.40. The van der Waals surface area contributed by atoms with Gasteiger partial charge < -0.3 is 67.2 Å². The molecule has 2 heterocycles. The second-order valence-corrected chi connectivity index (χ2v) is 11.9. The van der Waals surface area contributed by atoms with Gasteiger partial charge >= 0.3 is 0 Å². The number of ether oxygens (including phenoxy) is 3. The lowest BCUT2D eigenvalue weighted by Crippen LogP contribution is -2.68. The van der Waals surface area contributed by atoms with Crippen molar-refractivity contribution in [2.45, 2.75) is 107 Å². The van der Waals surface area contributed by atoms with Crippen molar-refractivity contribution in [3.8, 4) is 0 Å². The predicted molar refractivity (Wildman–Crippen MR) is 149 cm³/mol. The van der Waals surface area contributed by atoms with Crippen LogP contribution in [0.15, 0.2) is 11.8 Å². The fourth-order valence-corrected chi connectivity index (χ4v) is 6.31. The molecule has 12 N–H and O–H groups in total. The van der Waals surface area contributed by atoms with Crippen molar-refractivity contribution in [3.63, 3.8) is 0 Å². The van der Waals surface area contributed by atoms with Crippen LogP contribution < -0.4 is 27.4 Å². The maximum absolute atomic E-state index is 12.8. The van der Waals surface area contributed by atoms with E-state index >= 15 is 0 Å². The number of carbonyl (C=O) groups excluding carboxylic acids is 1. The number of nitrogens with two attached hydrogens (primary N) is 2. The first kappa shape index (κ1) is 34.1. The van der Waals surface area contributed by atoms with Crippen molar-refractivity contribution < 1.29 is 44.5 Å². The van der Waals surface area contributed by atoms with Crippen LogP contribution in [0.1, 0.15) is 40.0 Å². The number of aliphatic hydroxyl groups is 5. The molecule has 1 aliphatic carbocycles. The van der Waals surface area contributed by atoms with Gasteiger partial charge in [-0.3, -0.25) is 4.79 Å². The van der Waals surface area contributed by atoms with Crippen molar-refractivity contribution in [2.75, 3.05) is 33.3 Å². The summed E-state index contributed by atoms with van der Waals surface area (Å²) >= 11 is 0. The third kappa shape index (κ3) is 8.15. The molecule has 3 rings (SSSR count). The molecule has 1 amide bonds. The molecule has 238 valence electrons. The quantitative estimate of drug-likeness (QED) is 0.107. The molecule has 2 aliphatic heterocycles. The Kier molecular flexibility index (Phi) is 12.3. The molecule has 0 radical (unpaired) electrons. The number of nitrogens with one attached hydrogen (secondary N) is 3. The summed E-state index contributed by atoms with van der Waals surface area (Å²) in [5, 5.41) is 62.7. The minimum absolute atomic E-state index is 0.0644. The summed E-state index contributed by atoms with van der Waals surface area (Å²) in [6, 6.07) is -1.79. The minimum Gasteiger partial charge on any atom is -0.492 e. The zero-order valence-corrected chi connectivity index (χ0v) is 24.5. The standard InChI is InChI=1S/C27H51N5O9/c1-13-9-17(32-25(37)18(34)7-8-28)23(41-26-21(36)24(30-4)27(3,38)12-39-26)20(35)19(13)22-16(31-11-14(2)33)6-5-15(10-29)40-22/h5,13-14,16-24,26,30-31,33-36,38H,6-12,28-29H2,1-4H3,(H,32,37). The Bertz CT molecular complexity index is 878. The minimum atomic E-state index is -1.38. The largest absolute Gasteiger partial charge is 0.492 e. The number of hydrogen-bond donors (Lipinski definition) is 10. The molecule has 2 fully saturated rings. The summed E-state index contributed by atoms with van der Waals surface area (Å²) in [6.45, 7) is 5.62. The molecule has 41 heavy (non-hydrogen) atoms. The highest BCUT2D eigenvalue weighted by molar-refractivity contribution is 5.80. The lowest BCUT2D eigenvalue weighted by Gasteiger charge is -2.51. The Morgan fingerprint density at radius 3 is 2.56 bits per heavy atom. The van der Waals surface area contributed by atoms with Gasteiger partial charge in [-0.2, -0.15) is 0 Å². The van der Waals surface area contributed by atoms with Gasteiger partial charge in [0.15, 0.2) is 6.29 Å². The first-order valence-electron chi connectivity index (χ1n) is 14.5. The van der Waals surface area contributed by atoms with Crippen LogP contribution in [0.5, 0.6) is 0 Å². The maximum Gasteiger partial charge on any atom is 0.249 e. The van der Waals surface area contributed by atoms with Gasteiger partial charge in [0, 0.05) is 18.5 Å². The molecule has 0 spiro atoms. The highest BCUT2D eigenvalue weighted by Gasteiger charge is 2.53. The predicted octanol–water partition coefficient (Wildman–Crippen LogP) is -3.39. The zero-order valence-electron chi connectivity index (χ0n) is 24.5. The van der Waals surface area contributed by atoms with Crippen molar-refractivity contribution in [2.24, 2.45) is 23.3 Å². The zero-order chi connectivity index (χ0) is 30.5. The molecule has 3 aliphatic rings. The Morgan fingerprint density at radius 1 is 1.24 bits per heavy atom. The summed E-state index contributed by atoms with van der Waals surface area (Å²) in [5.41, 5.74) is 10.0. The van der Waals surface area contributed by atoms with Gasteiger partial charge in [-0.05, 0) is 58.7 Å². The van der Waals surface area contributed by atoms with E-state index in [2.05, 4.69) is 16.0 Å². The lowest BCUT2D eigenvalue weighted by molar-refractivity contribution is -0.299.